The molecule has 220 valence electrons. The minimum absolute atomic E-state index is 0.501. The second-order valence-corrected chi connectivity index (χ2v) is 11.2. The molecule has 0 aromatic heterocycles. The average Bonchev–Trinajstić information content (AvgIpc) is 2.98. The lowest BCUT2D eigenvalue weighted by Gasteiger charge is -2.33. The summed E-state index contributed by atoms with van der Waals surface area (Å²) in [5, 5.41) is 0. The maximum Gasteiger partial charge on any atom is 0.0466 e. The number of hydrogen-bond acceptors (Lipinski definition) is 3. The Labute approximate surface area is 242 Å². The second-order valence-electron chi connectivity index (χ2n) is 11.2. The van der Waals surface area contributed by atoms with E-state index in [1.54, 1.807) is 0 Å². The Morgan fingerprint density at radius 3 is 1.13 bits per heavy atom. The van der Waals surface area contributed by atoms with Crippen LogP contribution in [0.4, 0.5) is 0 Å². The molecule has 2 rings (SSSR count). The van der Waals surface area contributed by atoms with E-state index in [1.165, 1.54) is 102 Å². The Morgan fingerprint density at radius 1 is 0.487 bits per heavy atom. The number of benzene rings is 2. The number of rotatable bonds is 24. The SMILES string of the molecule is CCCCN(CCCC)C(CCCOCCCC(c1ccccc1)N(CCCC)CCCC)c1ccccc1. The van der Waals surface area contributed by atoms with E-state index in [9.17, 15) is 0 Å². The molecule has 0 N–H and O–H groups in total. The van der Waals surface area contributed by atoms with Gasteiger partial charge in [-0.15, -0.1) is 0 Å². The van der Waals surface area contributed by atoms with Gasteiger partial charge >= 0.3 is 0 Å². The Bertz CT molecular complexity index is 713. The van der Waals surface area contributed by atoms with Crippen molar-refractivity contribution in [3.8, 4) is 0 Å². The first-order valence-corrected chi connectivity index (χ1v) is 16.4. The number of ether oxygens (including phenoxy) is 1. The van der Waals surface area contributed by atoms with E-state index in [1.807, 2.05) is 0 Å². The van der Waals surface area contributed by atoms with Crippen LogP contribution in [0, 0.1) is 0 Å². The molecule has 0 amide bonds. The Balaban J connectivity index is 1.89. The molecule has 0 fully saturated rings. The summed E-state index contributed by atoms with van der Waals surface area (Å²) in [5.41, 5.74) is 2.93. The molecule has 39 heavy (non-hydrogen) atoms. The fourth-order valence-electron chi connectivity index (χ4n) is 5.62. The zero-order valence-electron chi connectivity index (χ0n) is 26.0. The quantitative estimate of drug-likeness (QED) is 0.124. The Hall–Kier alpha value is -1.68. The van der Waals surface area contributed by atoms with Crippen LogP contribution in [0.15, 0.2) is 60.7 Å². The van der Waals surface area contributed by atoms with E-state index in [-0.39, 0.29) is 0 Å². The molecular formula is C36H60N2O. The van der Waals surface area contributed by atoms with Gasteiger partial charge in [0.25, 0.3) is 0 Å². The van der Waals surface area contributed by atoms with E-state index < -0.39 is 0 Å². The Kier molecular flexibility index (Phi) is 19.0. The third-order valence-electron chi connectivity index (χ3n) is 7.98. The van der Waals surface area contributed by atoms with Crippen molar-refractivity contribution in [2.75, 3.05) is 39.4 Å². The largest absolute Gasteiger partial charge is 0.381 e. The van der Waals surface area contributed by atoms with E-state index in [0.29, 0.717) is 12.1 Å². The smallest absolute Gasteiger partial charge is 0.0466 e. The van der Waals surface area contributed by atoms with Gasteiger partial charge in [0.2, 0.25) is 0 Å². The minimum Gasteiger partial charge on any atom is -0.381 e. The van der Waals surface area contributed by atoms with Crippen molar-refractivity contribution in [3.05, 3.63) is 71.8 Å². The van der Waals surface area contributed by atoms with Gasteiger partial charge in [0.1, 0.15) is 0 Å². The van der Waals surface area contributed by atoms with Crippen LogP contribution < -0.4 is 0 Å². The van der Waals surface area contributed by atoms with Gasteiger partial charge in [-0.1, -0.05) is 114 Å². The standard InChI is InChI=1S/C36H60N2O/c1-5-9-27-37(28-10-6-2)35(33-21-15-13-16-22-33)25-19-31-39-32-20-26-36(34-23-17-14-18-24-34)38(29-11-7-3)30-12-8-4/h13-18,21-24,35-36H,5-12,19-20,25-32H2,1-4H3. The minimum atomic E-state index is 0.501. The number of hydrogen-bond donors (Lipinski definition) is 0. The van der Waals surface area contributed by atoms with Crippen LogP contribution in [0.5, 0.6) is 0 Å². The van der Waals surface area contributed by atoms with Crippen molar-refractivity contribution in [1.82, 2.24) is 9.80 Å². The lowest BCUT2D eigenvalue weighted by atomic mass is 9.99. The van der Waals surface area contributed by atoms with E-state index >= 15 is 0 Å². The third kappa shape index (κ3) is 13.5. The molecule has 0 saturated heterocycles. The summed E-state index contributed by atoms with van der Waals surface area (Å²) in [5.74, 6) is 0. The van der Waals surface area contributed by atoms with E-state index in [0.717, 1.165) is 26.1 Å². The molecule has 2 atom stereocenters. The van der Waals surface area contributed by atoms with Crippen molar-refractivity contribution >= 4 is 0 Å². The molecule has 0 heterocycles. The summed E-state index contributed by atoms with van der Waals surface area (Å²) < 4.78 is 6.25. The lowest BCUT2D eigenvalue weighted by Crippen LogP contribution is -2.31. The van der Waals surface area contributed by atoms with Gasteiger partial charge in [-0.05, 0) is 88.7 Å². The van der Waals surface area contributed by atoms with Crippen LogP contribution in [0.25, 0.3) is 0 Å². The van der Waals surface area contributed by atoms with Gasteiger partial charge in [-0.2, -0.15) is 0 Å². The van der Waals surface area contributed by atoms with Crippen molar-refractivity contribution in [1.29, 1.82) is 0 Å². The zero-order valence-corrected chi connectivity index (χ0v) is 26.0. The molecule has 3 heteroatoms. The fourth-order valence-corrected chi connectivity index (χ4v) is 5.62. The van der Waals surface area contributed by atoms with Gasteiger partial charge in [-0.25, -0.2) is 0 Å². The molecular weight excluding hydrogens is 476 g/mol. The van der Waals surface area contributed by atoms with Crippen molar-refractivity contribution in [2.24, 2.45) is 0 Å². The summed E-state index contributed by atoms with van der Waals surface area (Å²) in [6.07, 6.45) is 14.7. The van der Waals surface area contributed by atoms with Crippen LogP contribution in [-0.4, -0.2) is 49.2 Å². The van der Waals surface area contributed by atoms with Crippen LogP contribution in [0.2, 0.25) is 0 Å². The fraction of sp³-hybridized carbons (Fsp3) is 0.667. The average molecular weight is 537 g/mol. The maximum absolute atomic E-state index is 6.25. The van der Waals surface area contributed by atoms with Gasteiger partial charge in [-0.3, -0.25) is 9.80 Å². The molecule has 0 aliphatic heterocycles. The summed E-state index contributed by atoms with van der Waals surface area (Å²) in [6.45, 7) is 15.7. The first kappa shape index (κ1) is 33.5. The van der Waals surface area contributed by atoms with Crippen LogP contribution in [-0.2, 0) is 4.74 Å². The predicted octanol–water partition coefficient (Wildman–Crippen LogP) is 9.85. The molecule has 0 aliphatic carbocycles. The van der Waals surface area contributed by atoms with Crippen LogP contribution >= 0.6 is 0 Å². The highest BCUT2D eigenvalue weighted by Crippen LogP contribution is 2.28. The van der Waals surface area contributed by atoms with Crippen molar-refractivity contribution in [3.63, 3.8) is 0 Å². The highest BCUT2D eigenvalue weighted by Gasteiger charge is 2.21. The third-order valence-corrected chi connectivity index (χ3v) is 7.98. The molecule has 0 saturated carbocycles. The summed E-state index contributed by atoms with van der Waals surface area (Å²) >= 11 is 0. The van der Waals surface area contributed by atoms with Gasteiger partial charge in [0.15, 0.2) is 0 Å². The monoisotopic (exact) mass is 536 g/mol. The van der Waals surface area contributed by atoms with E-state index in [2.05, 4.69) is 98.2 Å². The molecule has 2 unspecified atom stereocenters. The van der Waals surface area contributed by atoms with Crippen LogP contribution in [0.1, 0.15) is 128 Å². The highest BCUT2D eigenvalue weighted by molar-refractivity contribution is 5.20. The molecule has 0 aliphatic rings. The van der Waals surface area contributed by atoms with Gasteiger partial charge in [0, 0.05) is 25.3 Å². The normalized spacial score (nSPS) is 13.3. The first-order chi connectivity index (χ1) is 19.2. The molecule has 3 nitrogen and oxygen atoms in total. The molecule has 2 aromatic rings. The Morgan fingerprint density at radius 2 is 0.821 bits per heavy atom. The lowest BCUT2D eigenvalue weighted by molar-refractivity contribution is 0.102. The number of unbranched alkanes of at least 4 members (excludes halogenated alkanes) is 4. The van der Waals surface area contributed by atoms with Gasteiger partial charge < -0.3 is 4.74 Å². The zero-order chi connectivity index (χ0) is 28.0. The van der Waals surface area contributed by atoms with Crippen LogP contribution in [0.3, 0.4) is 0 Å². The predicted molar refractivity (Wildman–Crippen MR) is 170 cm³/mol. The summed E-state index contributed by atoms with van der Waals surface area (Å²) in [6, 6.07) is 23.4. The molecule has 0 spiro atoms. The maximum atomic E-state index is 6.25. The first-order valence-electron chi connectivity index (χ1n) is 16.4. The van der Waals surface area contributed by atoms with Crippen molar-refractivity contribution in [2.45, 2.75) is 117 Å². The topological polar surface area (TPSA) is 15.7 Å². The summed E-state index contributed by atoms with van der Waals surface area (Å²) in [4.78, 5) is 5.49. The summed E-state index contributed by atoms with van der Waals surface area (Å²) in [7, 11) is 0. The molecule has 2 aromatic carbocycles. The molecule has 0 radical (unpaired) electrons. The molecule has 0 bridgehead atoms. The highest BCUT2D eigenvalue weighted by atomic mass is 16.5. The van der Waals surface area contributed by atoms with E-state index in [4.69, 9.17) is 4.74 Å². The number of nitrogens with zero attached hydrogens (tertiary/aromatic N) is 2. The van der Waals surface area contributed by atoms with Crippen molar-refractivity contribution < 1.29 is 4.74 Å². The second kappa shape index (κ2) is 22.1. The van der Waals surface area contributed by atoms with Gasteiger partial charge in [0.05, 0.1) is 0 Å².